The predicted octanol–water partition coefficient (Wildman–Crippen LogP) is 1.72. The molecule has 4 nitrogen and oxygen atoms in total. The molecule has 1 aliphatic rings. The summed E-state index contributed by atoms with van der Waals surface area (Å²) in [7, 11) is 3.54. The van der Waals surface area contributed by atoms with Crippen molar-refractivity contribution in [1.82, 2.24) is 5.32 Å². The van der Waals surface area contributed by atoms with Crippen LogP contribution in [0.3, 0.4) is 0 Å². The highest BCUT2D eigenvalue weighted by atomic mass is 32.2. The Morgan fingerprint density at radius 3 is 3.06 bits per heavy atom. The molecule has 0 bridgehead atoms. The Labute approximate surface area is 105 Å². The second-order valence-corrected chi connectivity index (χ2v) is 5.09. The highest BCUT2D eigenvalue weighted by molar-refractivity contribution is 8.01. The van der Waals surface area contributed by atoms with E-state index in [0.29, 0.717) is 0 Å². The summed E-state index contributed by atoms with van der Waals surface area (Å²) in [6, 6.07) is 5.70. The first kappa shape index (κ1) is 12.3. The lowest BCUT2D eigenvalue weighted by atomic mass is 10.2. The van der Waals surface area contributed by atoms with E-state index in [2.05, 4.69) is 10.6 Å². The SMILES string of the molecule is CNCCC1Sc2cc(OC)ccc2NC1=O. The van der Waals surface area contributed by atoms with Crippen molar-refractivity contribution in [2.75, 3.05) is 26.0 Å². The normalized spacial score (nSPS) is 18.5. The fourth-order valence-electron chi connectivity index (χ4n) is 1.72. The fraction of sp³-hybridized carbons (Fsp3) is 0.417. The summed E-state index contributed by atoms with van der Waals surface area (Å²) in [6.45, 7) is 0.838. The van der Waals surface area contributed by atoms with E-state index in [-0.39, 0.29) is 11.2 Å². The molecule has 1 aliphatic heterocycles. The topological polar surface area (TPSA) is 50.4 Å². The molecule has 0 radical (unpaired) electrons. The van der Waals surface area contributed by atoms with E-state index in [1.807, 2.05) is 25.2 Å². The molecular formula is C12H16N2O2S. The Hall–Kier alpha value is -1.20. The monoisotopic (exact) mass is 252 g/mol. The molecule has 1 unspecified atom stereocenters. The van der Waals surface area contributed by atoms with Crippen molar-refractivity contribution in [2.24, 2.45) is 0 Å². The number of hydrogen-bond acceptors (Lipinski definition) is 4. The number of rotatable bonds is 4. The molecule has 1 amide bonds. The lowest BCUT2D eigenvalue weighted by molar-refractivity contribution is -0.115. The maximum atomic E-state index is 11.8. The average molecular weight is 252 g/mol. The molecule has 0 fully saturated rings. The molecule has 2 rings (SSSR count). The Morgan fingerprint density at radius 2 is 2.35 bits per heavy atom. The van der Waals surface area contributed by atoms with Crippen LogP contribution >= 0.6 is 11.8 Å². The molecular weight excluding hydrogens is 236 g/mol. The predicted molar refractivity (Wildman–Crippen MR) is 69.8 cm³/mol. The highest BCUT2D eigenvalue weighted by Gasteiger charge is 2.26. The van der Waals surface area contributed by atoms with Gasteiger partial charge in [0.2, 0.25) is 5.91 Å². The lowest BCUT2D eigenvalue weighted by Crippen LogP contribution is -2.31. The van der Waals surface area contributed by atoms with Crippen LogP contribution in [0, 0.1) is 0 Å². The summed E-state index contributed by atoms with van der Waals surface area (Å²) in [4.78, 5) is 12.9. The number of carbonyl (C=O) groups excluding carboxylic acids is 1. The van der Waals surface area contributed by atoms with Crippen LogP contribution in [0.5, 0.6) is 5.75 Å². The number of ether oxygens (including phenoxy) is 1. The second-order valence-electron chi connectivity index (χ2n) is 3.85. The number of methoxy groups -OCH3 is 1. The van der Waals surface area contributed by atoms with Crippen LogP contribution < -0.4 is 15.4 Å². The van der Waals surface area contributed by atoms with Gasteiger partial charge in [0.25, 0.3) is 0 Å². The number of amides is 1. The van der Waals surface area contributed by atoms with Crippen molar-refractivity contribution < 1.29 is 9.53 Å². The van der Waals surface area contributed by atoms with Crippen LogP contribution in [0.25, 0.3) is 0 Å². The van der Waals surface area contributed by atoms with Crippen molar-refractivity contribution in [3.63, 3.8) is 0 Å². The van der Waals surface area contributed by atoms with Crippen molar-refractivity contribution in [1.29, 1.82) is 0 Å². The number of hydrogen-bond donors (Lipinski definition) is 2. The van der Waals surface area contributed by atoms with Gasteiger partial charge in [0.05, 0.1) is 18.0 Å². The number of fused-ring (bicyclic) bond motifs is 1. The van der Waals surface area contributed by atoms with Gasteiger partial charge < -0.3 is 15.4 Å². The third-order valence-electron chi connectivity index (χ3n) is 2.66. The van der Waals surface area contributed by atoms with Gasteiger partial charge in [0.15, 0.2) is 0 Å². The van der Waals surface area contributed by atoms with Gasteiger partial charge in [-0.2, -0.15) is 0 Å². The van der Waals surface area contributed by atoms with Gasteiger partial charge >= 0.3 is 0 Å². The van der Waals surface area contributed by atoms with Gasteiger partial charge in [-0.15, -0.1) is 11.8 Å². The van der Waals surface area contributed by atoms with E-state index in [1.165, 1.54) is 0 Å². The minimum absolute atomic E-state index is 0.0259. The zero-order valence-corrected chi connectivity index (χ0v) is 10.8. The molecule has 1 heterocycles. The van der Waals surface area contributed by atoms with Crippen molar-refractivity contribution in [3.8, 4) is 5.75 Å². The zero-order valence-electron chi connectivity index (χ0n) is 9.95. The summed E-state index contributed by atoms with van der Waals surface area (Å²) in [5, 5.41) is 5.97. The molecule has 0 saturated heterocycles. The third-order valence-corrected chi connectivity index (χ3v) is 3.99. The summed E-state index contributed by atoms with van der Waals surface area (Å²) >= 11 is 1.60. The molecule has 17 heavy (non-hydrogen) atoms. The van der Waals surface area contributed by atoms with Crippen LogP contribution in [0.1, 0.15) is 6.42 Å². The fourth-order valence-corrected chi connectivity index (χ4v) is 2.85. The zero-order chi connectivity index (χ0) is 12.3. The molecule has 0 aromatic heterocycles. The molecule has 0 spiro atoms. The summed E-state index contributed by atoms with van der Waals surface area (Å²) in [5.41, 5.74) is 0.876. The number of nitrogens with one attached hydrogen (secondary N) is 2. The van der Waals surface area contributed by atoms with Crippen molar-refractivity contribution in [2.45, 2.75) is 16.6 Å². The average Bonchev–Trinajstić information content (AvgIpc) is 2.35. The Bertz CT molecular complexity index is 423. The van der Waals surface area contributed by atoms with E-state index < -0.39 is 0 Å². The van der Waals surface area contributed by atoms with Gasteiger partial charge in [0.1, 0.15) is 5.75 Å². The van der Waals surface area contributed by atoms with Gasteiger partial charge in [-0.05, 0) is 38.2 Å². The molecule has 1 atom stereocenters. The molecule has 5 heteroatoms. The summed E-state index contributed by atoms with van der Waals surface area (Å²) < 4.78 is 5.19. The first-order chi connectivity index (χ1) is 8.24. The number of carbonyl (C=O) groups is 1. The molecule has 0 saturated carbocycles. The maximum absolute atomic E-state index is 11.8. The Morgan fingerprint density at radius 1 is 1.53 bits per heavy atom. The molecule has 92 valence electrons. The second kappa shape index (κ2) is 5.42. The largest absolute Gasteiger partial charge is 0.497 e. The van der Waals surface area contributed by atoms with E-state index in [9.17, 15) is 4.79 Å². The number of anilines is 1. The van der Waals surface area contributed by atoms with Crippen LogP contribution in [-0.4, -0.2) is 31.9 Å². The molecule has 2 N–H and O–H groups in total. The van der Waals surface area contributed by atoms with E-state index >= 15 is 0 Å². The first-order valence-electron chi connectivity index (χ1n) is 5.54. The maximum Gasteiger partial charge on any atom is 0.237 e. The quantitative estimate of drug-likeness (QED) is 0.856. The molecule has 1 aromatic rings. The van der Waals surface area contributed by atoms with Crippen molar-refractivity contribution in [3.05, 3.63) is 18.2 Å². The van der Waals surface area contributed by atoms with Gasteiger partial charge in [-0.25, -0.2) is 0 Å². The smallest absolute Gasteiger partial charge is 0.237 e. The van der Waals surface area contributed by atoms with Crippen LogP contribution in [0.2, 0.25) is 0 Å². The molecule has 1 aromatic carbocycles. The first-order valence-corrected chi connectivity index (χ1v) is 6.42. The standard InChI is InChI=1S/C12H16N2O2S/c1-13-6-5-10-12(15)14-9-4-3-8(16-2)7-11(9)17-10/h3-4,7,10,13H,5-6H2,1-2H3,(H,14,15). The lowest BCUT2D eigenvalue weighted by Gasteiger charge is -2.24. The minimum Gasteiger partial charge on any atom is -0.497 e. The Balaban J connectivity index is 2.16. The van der Waals surface area contributed by atoms with Gasteiger partial charge in [-0.3, -0.25) is 4.79 Å². The molecule has 0 aliphatic carbocycles. The third kappa shape index (κ3) is 2.73. The van der Waals surface area contributed by atoms with Crippen LogP contribution in [-0.2, 0) is 4.79 Å². The van der Waals surface area contributed by atoms with Gasteiger partial charge in [0, 0.05) is 4.90 Å². The Kier molecular flexibility index (Phi) is 3.91. The minimum atomic E-state index is -0.0259. The summed E-state index contributed by atoms with van der Waals surface area (Å²) in [5.74, 6) is 0.905. The van der Waals surface area contributed by atoms with Crippen LogP contribution in [0.4, 0.5) is 5.69 Å². The van der Waals surface area contributed by atoms with E-state index in [0.717, 1.165) is 29.3 Å². The van der Waals surface area contributed by atoms with Crippen molar-refractivity contribution >= 4 is 23.4 Å². The number of benzene rings is 1. The van der Waals surface area contributed by atoms with Gasteiger partial charge in [-0.1, -0.05) is 0 Å². The van der Waals surface area contributed by atoms with E-state index in [1.54, 1.807) is 18.9 Å². The summed E-state index contributed by atoms with van der Waals surface area (Å²) in [6.07, 6.45) is 0.823. The van der Waals surface area contributed by atoms with E-state index in [4.69, 9.17) is 4.74 Å². The van der Waals surface area contributed by atoms with Crippen LogP contribution in [0.15, 0.2) is 23.1 Å². The highest BCUT2D eigenvalue weighted by Crippen LogP contribution is 2.38. The number of thioether (sulfide) groups is 1.